The molecular weight excluding hydrogens is 346 g/mol. The lowest BCUT2D eigenvalue weighted by Crippen LogP contribution is -2.16. The average Bonchev–Trinajstić information content (AvgIpc) is 3.30. The van der Waals surface area contributed by atoms with Gasteiger partial charge in [-0.2, -0.15) is 0 Å². The molecule has 1 saturated carbocycles. The molecule has 1 heterocycles. The Balaban J connectivity index is 1.77. The van der Waals surface area contributed by atoms with E-state index in [2.05, 4.69) is 5.32 Å². The molecule has 1 amide bonds. The van der Waals surface area contributed by atoms with Gasteiger partial charge in [0.1, 0.15) is 5.00 Å². The third-order valence-corrected chi connectivity index (χ3v) is 5.91. The van der Waals surface area contributed by atoms with Crippen molar-refractivity contribution in [3.63, 3.8) is 0 Å². The van der Waals surface area contributed by atoms with Crippen molar-refractivity contribution >= 4 is 39.8 Å². The lowest BCUT2D eigenvalue weighted by molar-refractivity contribution is -0.117. The molecule has 2 atom stereocenters. The van der Waals surface area contributed by atoms with Crippen molar-refractivity contribution in [3.05, 3.63) is 50.9 Å². The molecule has 0 radical (unpaired) electrons. The van der Waals surface area contributed by atoms with Crippen LogP contribution in [0.15, 0.2) is 24.3 Å². The highest BCUT2D eigenvalue weighted by atomic mass is 35.5. The van der Waals surface area contributed by atoms with Crippen LogP contribution in [-0.2, 0) is 9.53 Å². The minimum atomic E-state index is -0.425. The van der Waals surface area contributed by atoms with Gasteiger partial charge in [-0.1, -0.05) is 29.8 Å². The number of carbonyl (C=O) groups excluding carboxylic acids is 2. The second kappa shape index (κ2) is 6.57. The molecule has 126 valence electrons. The molecule has 3 rings (SSSR count). The summed E-state index contributed by atoms with van der Waals surface area (Å²) in [5, 5.41) is 4.16. The molecule has 2 aromatic rings. The standard InChI is InChI=1S/C18H18ClNO3S/c1-9-10(2)24-17(15(9)18(22)23-3)20-16(21)13-8-12(13)11-6-4-5-7-14(11)19/h4-7,12-13H,8H2,1-3H3,(H,20,21)/t12-,13-/m0/s1. The first-order valence-electron chi connectivity index (χ1n) is 7.67. The Labute approximate surface area is 149 Å². The van der Waals surface area contributed by atoms with Crippen molar-refractivity contribution < 1.29 is 14.3 Å². The number of thiophene rings is 1. The van der Waals surface area contributed by atoms with E-state index in [1.807, 2.05) is 38.1 Å². The van der Waals surface area contributed by atoms with Crippen LogP contribution in [0.25, 0.3) is 0 Å². The van der Waals surface area contributed by atoms with Gasteiger partial charge in [-0.3, -0.25) is 4.79 Å². The summed E-state index contributed by atoms with van der Waals surface area (Å²) in [6, 6.07) is 7.60. The Kier molecular flexibility index (Phi) is 4.65. The number of ether oxygens (including phenoxy) is 1. The minimum Gasteiger partial charge on any atom is -0.465 e. The summed E-state index contributed by atoms with van der Waals surface area (Å²) in [4.78, 5) is 25.5. The van der Waals surface area contributed by atoms with Crippen molar-refractivity contribution in [2.24, 2.45) is 5.92 Å². The Morgan fingerprint density at radius 1 is 1.29 bits per heavy atom. The van der Waals surface area contributed by atoms with Crippen molar-refractivity contribution in [1.82, 2.24) is 0 Å². The van der Waals surface area contributed by atoms with Crippen molar-refractivity contribution in [3.8, 4) is 0 Å². The van der Waals surface area contributed by atoms with E-state index in [0.717, 1.165) is 22.4 Å². The Morgan fingerprint density at radius 3 is 2.67 bits per heavy atom. The lowest BCUT2D eigenvalue weighted by atomic mass is 10.1. The van der Waals surface area contributed by atoms with Crippen LogP contribution in [0.1, 0.15) is 38.7 Å². The summed E-state index contributed by atoms with van der Waals surface area (Å²) < 4.78 is 4.83. The average molecular weight is 364 g/mol. The summed E-state index contributed by atoms with van der Waals surface area (Å²) in [6.07, 6.45) is 0.770. The van der Waals surface area contributed by atoms with Gasteiger partial charge in [0.15, 0.2) is 0 Å². The number of hydrogen-bond acceptors (Lipinski definition) is 4. The maximum absolute atomic E-state index is 12.6. The number of carbonyl (C=O) groups is 2. The van der Waals surface area contributed by atoms with Gasteiger partial charge >= 0.3 is 5.97 Å². The van der Waals surface area contributed by atoms with Crippen LogP contribution in [0.3, 0.4) is 0 Å². The fourth-order valence-electron chi connectivity index (χ4n) is 2.87. The number of anilines is 1. The summed E-state index contributed by atoms with van der Waals surface area (Å²) in [7, 11) is 1.34. The monoisotopic (exact) mass is 363 g/mol. The SMILES string of the molecule is COC(=O)c1c(NC(=O)[C@H]2C[C@H]2c2ccccc2Cl)sc(C)c1C. The maximum Gasteiger partial charge on any atom is 0.341 e. The van der Waals surface area contributed by atoms with Crippen molar-refractivity contribution in [1.29, 1.82) is 0 Å². The van der Waals surface area contributed by atoms with Crippen LogP contribution in [0, 0.1) is 19.8 Å². The van der Waals surface area contributed by atoms with Gasteiger partial charge in [0.05, 0.1) is 12.7 Å². The molecule has 24 heavy (non-hydrogen) atoms. The fourth-order valence-corrected chi connectivity index (χ4v) is 4.20. The van der Waals surface area contributed by atoms with Crippen LogP contribution in [0.5, 0.6) is 0 Å². The highest BCUT2D eigenvalue weighted by Gasteiger charge is 2.45. The van der Waals surface area contributed by atoms with E-state index in [9.17, 15) is 9.59 Å². The number of esters is 1. The number of amides is 1. The summed E-state index contributed by atoms with van der Waals surface area (Å²) in [5.74, 6) is -0.475. The number of halogens is 1. The molecule has 0 bridgehead atoms. The molecule has 0 spiro atoms. The van der Waals surface area contributed by atoms with E-state index in [-0.39, 0.29) is 17.7 Å². The van der Waals surface area contributed by atoms with Gasteiger partial charge in [0, 0.05) is 15.8 Å². The highest BCUT2D eigenvalue weighted by Crippen LogP contribution is 2.50. The first kappa shape index (κ1) is 17.0. The Hall–Kier alpha value is -1.85. The number of aryl methyl sites for hydroxylation is 1. The Bertz CT molecular complexity index is 815. The number of hydrogen-bond donors (Lipinski definition) is 1. The van der Waals surface area contributed by atoms with Crippen LogP contribution < -0.4 is 5.32 Å². The van der Waals surface area contributed by atoms with E-state index in [0.29, 0.717) is 15.6 Å². The van der Waals surface area contributed by atoms with Gasteiger partial charge < -0.3 is 10.1 Å². The molecule has 1 N–H and O–H groups in total. The third-order valence-electron chi connectivity index (χ3n) is 4.44. The predicted molar refractivity (Wildman–Crippen MR) is 96.1 cm³/mol. The van der Waals surface area contributed by atoms with Gasteiger partial charge in [-0.05, 0) is 43.4 Å². The molecule has 4 nitrogen and oxygen atoms in total. The second-order valence-corrected chi connectivity index (χ2v) is 7.57. The van der Waals surface area contributed by atoms with E-state index in [1.54, 1.807) is 0 Å². The molecule has 0 saturated heterocycles. The predicted octanol–water partition coefficient (Wildman–Crippen LogP) is 4.55. The second-order valence-electron chi connectivity index (χ2n) is 5.94. The van der Waals surface area contributed by atoms with E-state index >= 15 is 0 Å². The number of benzene rings is 1. The lowest BCUT2D eigenvalue weighted by Gasteiger charge is -2.07. The fraction of sp³-hybridized carbons (Fsp3) is 0.333. The van der Waals surface area contributed by atoms with Crippen molar-refractivity contribution in [2.75, 3.05) is 12.4 Å². The van der Waals surface area contributed by atoms with E-state index in [1.165, 1.54) is 18.4 Å². The number of rotatable bonds is 4. The molecular formula is C18H18ClNO3S. The van der Waals surface area contributed by atoms with Gasteiger partial charge in [-0.15, -0.1) is 11.3 Å². The van der Waals surface area contributed by atoms with Crippen molar-refractivity contribution in [2.45, 2.75) is 26.2 Å². The molecule has 1 aromatic heterocycles. The minimum absolute atomic E-state index is 0.0775. The zero-order valence-electron chi connectivity index (χ0n) is 13.7. The van der Waals surface area contributed by atoms with Gasteiger partial charge in [0.25, 0.3) is 0 Å². The van der Waals surface area contributed by atoms with Crippen LogP contribution in [0.4, 0.5) is 5.00 Å². The number of methoxy groups -OCH3 is 1. The molecule has 1 aliphatic carbocycles. The molecule has 1 aliphatic rings. The van der Waals surface area contributed by atoms with E-state index in [4.69, 9.17) is 16.3 Å². The first-order chi connectivity index (χ1) is 11.4. The zero-order valence-corrected chi connectivity index (χ0v) is 15.3. The number of nitrogens with one attached hydrogen (secondary N) is 1. The Morgan fingerprint density at radius 2 is 2.00 bits per heavy atom. The molecule has 0 aliphatic heterocycles. The maximum atomic E-state index is 12.6. The largest absolute Gasteiger partial charge is 0.465 e. The first-order valence-corrected chi connectivity index (χ1v) is 8.87. The van der Waals surface area contributed by atoms with Crippen LogP contribution >= 0.6 is 22.9 Å². The summed E-state index contributed by atoms with van der Waals surface area (Å²) in [5.41, 5.74) is 2.30. The molecule has 1 fully saturated rings. The quantitative estimate of drug-likeness (QED) is 0.811. The highest BCUT2D eigenvalue weighted by molar-refractivity contribution is 7.16. The van der Waals surface area contributed by atoms with E-state index < -0.39 is 5.97 Å². The molecule has 0 unspecified atom stereocenters. The van der Waals surface area contributed by atoms with Gasteiger partial charge in [-0.25, -0.2) is 4.79 Å². The molecule has 1 aromatic carbocycles. The van der Waals surface area contributed by atoms with Crippen LogP contribution in [0.2, 0.25) is 5.02 Å². The zero-order chi connectivity index (χ0) is 17.4. The normalized spacial score (nSPS) is 19.0. The topological polar surface area (TPSA) is 55.4 Å². The summed E-state index contributed by atoms with van der Waals surface area (Å²) in [6.45, 7) is 3.78. The summed E-state index contributed by atoms with van der Waals surface area (Å²) >= 11 is 7.61. The van der Waals surface area contributed by atoms with Gasteiger partial charge in [0.2, 0.25) is 5.91 Å². The van der Waals surface area contributed by atoms with Crippen LogP contribution in [-0.4, -0.2) is 19.0 Å². The third kappa shape index (κ3) is 3.06. The smallest absolute Gasteiger partial charge is 0.341 e. The molecule has 6 heteroatoms.